The number of nitrogens with zero attached hydrogens (tertiary/aromatic N) is 2. The van der Waals surface area contributed by atoms with E-state index in [0.717, 1.165) is 16.9 Å². The van der Waals surface area contributed by atoms with Gasteiger partial charge < -0.3 is 13.7 Å². The van der Waals surface area contributed by atoms with Gasteiger partial charge in [0, 0.05) is 5.02 Å². The number of methoxy groups -OCH3 is 1. The van der Waals surface area contributed by atoms with Gasteiger partial charge in [-0.25, -0.2) is 9.79 Å². The van der Waals surface area contributed by atoms with Crippen LogP contribution in [0.1, 0.15) is 36.6 Å². The van der Waals surface area contributed by atoms with Crippen LogP contribution in [0, 0.1) is 6.92 Å². The van der Waals surface area contributed by atoms with Gasteiger partial charge in [-0.15, -0.1) is 0 Å². The number of hydrogen-bond acceptors (Lipinski definition) is 9. The lowest BCUT2D eigenvalue weighted by molar-refractivity contribution is -0.139. The Labute approximate surface area is 271 Å². The number of carbonyl (C=O) groups is 1. The van der Waals surface area contributed by atoms with Crippen LogP contribution in [0.15, 0.2) is 91.1 Å². The van der Waals surface area contributed by atoms with Crippen molar-refractivity contribution in [3.05, 3.63) is 118 Å². The van der Waals surface area contributed by atoms with Gasteiger partial charge in [0.25, 0.3) is 5.56 Å². The van der Waals surface area contributed by atoms with Crippen LogP contribution >= 0.6 is 38.9 Å². The highest BCUT2D eigenvalue weighted by Crippen LogP contribution is 2.39. The lowest BCUT2D eigenvalue weighted by Gasteiger charge is -2.24. The van der Waals surface area contributed by atoms with Gasteiger partial charge in [-0.05, 0) is 90.3 Å². The third-order valence-electron chi connectivity index (χ3n) is 6.76. The van der Waals surface area contributed by atoms with E-state index in [1.807, 2.05) is 6.92 Å². The minimum Gasteiger partial charge on any atom is -0.493 e. The summed E-state index contributed by atoms with van der Waals surface area (Å²) in [5, 5.41) is 0.512. The van der Waals surface area contributed by atoms with Crippen LogP contribution in [0.4, 0.5) is 0 Å². The van der Waals surface area contributed by atoms with Crippen molar-refractivity contribution in [1.29, 1.82) is 0 Å². The summed E-state index contributed by atoms with van der Waals surface area (Å²) in [4.78, 5) is 32.0. The molecule has 3 aromatic carbocycles. The second-order valence-electron chi connectivity index (χ2n) is 9.74. The number of thiazole rings is 1. The summed E-state index contributed by atoms with van der Waals surface area (Å²) in [5.74, 6) is -0.467. The Kier molecular flexibility index (Phi) is 9.17. The number of allylic oxidation sites excluding steroid dienone is 1. The van der Waals surface area contributed by atoms with Gasteiger partial charge in [-0.2, -0.15) is 8.42 Å². The zero-order valence-electron chi connectivity index (χ0n) is 24.0. The SMILES string of the molecule is CCOC(=O)C1=C(C)N=c2sc(=Cc3cc(Br)c(OS(=O)(=O)c4ccc(C)cc4)c(OC)c3)c(=O)n2[C@H]1c1ccc(Cl)cc1. The van der Waals surface area contributed by atoms with Crippen molar-refractivity contribution in [3.63, 3.8) is 0 Å². The Morgan fingerprint density at radius 1 is 1.11 bits per heavy atom. The van der Waals surface area contributed by atoms with E-state index in [1.54, 1.807) is 68.5 Å². The molecule has 1 aliphatic heterocycles. The van der Waals surface area contributed by atoms with E-state index < -0.39 is 22.1 Å². The second-order valence-corrected chi connectivity index (χ2v) is 13.6. The fourth-order valence-electron chi connectivity index (χ4n) is 4.67. The summed E-state index contributed by atoms with van der Waals surface area (Å²) >= 11 is 10.7. The molecule has 44 heavy (non-hydrogen) atoms. The second kappa shape index (κ2) is 12.7. The number of hydrogen-bond donors (Lipinski definition) is 0. The molecule has 0 N–H and O–H groups in total. The number of rotatable bonds is 8. The largest absolute Gasteiger partial charge is 0.493 e. The van der Waals surface area contributed by atoms with Crippen LogP contribution in [0.5, 0.6) is 11.5 Å². The molecule has 1 aromatic heterocycles. The number of esters is 1. The number of benzene rings is 3. The zero-order valence-corrected chi connectivity index (χ0v) is 27.9. The first kappa shape index (κ1) is 31.7. The highest BCUT2D eigenvalue weighted by molar-refractivity contribution is 9.10. The number of carbonyl (C=O) groups excluding carboxylic acids is 1. The maximum atomic E-state index is 13.9. The third kappa shape index (κ3) is 6.25. The van der Waals surface area contributed by atoms with Gasteiger partial charge in [0.2, 0.25) is 0 Å². The first-order chi connectivity index (χ1) is 20.9. The first-order valence-corrected chi connectivity index (χ1v) is 16.7. The maximum Gasteiger partial charge on any atom is 0.339 e. The minimum absolute atomic E-state index is 0.00466. The van der Waals surface area contributed by atoms with Crippen LogP contribution in [-0.4, -0.2) is 32.7 Å². The standard InChI is InChI=1S/C31H26BrClN2O7S2/c1-5-41-30(37)26-18(3)34-31-35(27(26)20-8-10-21(33)11-9-20)29(36)25(43-31)16-19-14-23(32)28(24(15-19)40-4)42-44(38,39)22-12-6-17(2)7-13-22/h6-16,27H,5H2,1-4H3/t27-/m0/s1. The van der Waals surface area contributed by atoms with Crippen LogP contribution in [0.25, 0.3) is 6.08 Å². The summed E-state index contributed by atoms with van der Waals surface area (Å²) in [6, 6.07) is 15.6. The van der Waals surface area contributed by atoms with Gasteiger partial charge in [-0.3, -0.25) is 9.36 Å². The number of aromatic nitrogens is 1. The van der Waals surface area contributed by atoms with Crippen molar-refractivity contribution in [1.82, 2.24) is 4.57 Å². The predicted octanol–water partition coefficient (Wildman–Crippen LogP) is 5.30. The van der Waals surface area contributed by atoms with E-state index in [2.05, 4.69) is 20.9 Å². The van der Waals surface area contributed by atoms with Crippen molar-refractivity contribution in [2.24, 2.45) is 4.99 Å². The normalized spacial score (nSPS) is 15.0. The maximum absolute atomic E-state index is 13.9. The molecule has 0 aliphatic carbocycles. The van der Waals surface area contributed by atoms with Crippen LogP contribution in [-0.2, 0) is 19.6 Å². The molecule has 0 unspecified atom stereocenters. The summed E-state index contributed by atoms with van der Waals surface area (Å²) in [7, 11) is -2.77. The molecule has 2 heterocycles. The fraction of sp³-hybridized carbons (Fsp3) is 0.194. The fourth-order valence-corrected chi connectivity index (χ4v) is 7.45. The molecule has 5 rings (SSSR count). The van der Waals surface area contributed by atoms with E-state index in [-0.39, 0.29) is 34.1 Å². The predicted molar refractivity (Wildman–Crippen MR) is 172 cm³/mol. The molecule has 1 atom stereocenters. The first-order valence-electron chi connectivity index (χ1n) is 13.3. The van der Waals surface area contributed by atoms with Gasteiger partial charge in [0.05, 0.1) is 40.0 Å². The highest BCUT2D eigenvalue weighted by atomic mass is 79.9. The molecule has 0 bridgehead atoms. The molecule has 0 amide bonds. The van der Waals surface area contributed by atoms with Gasteiger partial charge >= 0.3 is 16.1 Å². The monoisotopic (exact) mass is 716 g/mol. The van der Waals surface area contributed by atoms with Crippen molar-refractivity contribution in [2.75, 3.05) is 13.7 Å². The van der Waals surface area contributed by atoms with Crippen LogP contribution < -0.4 is 23.8 Å². The Morgan fingerprint density at radius 3 is 2.43 bits per heavy atom. The molecule has 1 aliphatic rings. The van der Waals surface area contributed by atoms with E-state index in [0.29, 0.717) is 35.7 Å². The lowest BCUT2D eigenvalue weighted by Crippen LogP contribution is -2.39. The number of fused-ring (bicyclic) bond motifs is 1. The molecular formula is C31H26BrClN2O7S2. The van der Waals surface area contributed by atoms with Gasteiger partial charge in [-0.1, -0.05) is 52.8 Å². The Hall–Kier alpha value is -3.71. The van der Waals surface area contributed by atoms with E-state index in [1.165, 1.54) is 23.8 Å². The summed E-state index contributed by atoms with van der Waals surface area (Å²) in [5.41, 5.74) is 2.43. The number of ether oxygens (including phenoxy) is 2. The molecular weight excluding hydrogens is 692 g/mol. The summed E-state index contributed by atoms with van der Waals surface area (Å²) < 4.78 is 44.3. The van der Waals surface area contributed by atoms with Crippen LogP contribution in [0.3, 0.4) is 0 Å². The average molecular weight is 718 g/mol. The summed E-state index contributed by atoms with van der Waals surface area (Å²) in [6.45, 7) is 5.43. The molecule has 0 radical (unpaired) electrons. The molecule has 0 saturated heterocycles. The Balaban J connectivity index is 1.60. The van der Waals surface area contributed by atoms with Crippen molar-refractivity contribution in [3.8, 4) is 11.5 Å². The average Bonchev–Trinajstić information content (AvgIpc) is 3.28. The molecule has 0 spiro atoms. The molecule has 4 aromatic rings. The molecule has 9 nitrogen and oxygen atoms in total. The molecule has 0 saturated carbocycles. The Morgan fingerprint density at radius 2 is 1.80 bits per heavy atom. The van der Waals surface area contributed by atoms with Crippen molar-refractivity contribution in [2.45, 2.75) is 31.7 Å². The van der Waals surface area contributed by atoms with Gasteiger partial charge in [0.1, 0.15) is 4.90 Å². The van der Waals surface area contributed by atoms with Crippen LogP contribution in [0.2, 0.25) is 5.02 Å². The van der Waals surface area contributed by atoms with E-state index in [9.17, 15) is 18.0 Å². The number of aryl methyl sites for hydroxylation is 1. The van der Waals surface area contributed by atoms with Crippen molar-refractivity contribution >= 4 is 61.0 Å². The quantitative estimate of drug-likeness (QED) is 0.180. The highest BCUT2D eigenvalue weighted by Gasteiger charge is 2.33. The lowest BCUT2D eigenvalue weighted by atomic mass is 9.96. The minimum atomic E-state index is -4.16. The third-order valence-corrected chi connectivity index (χ3v) is 9.81. The number of halogens is 2. The zero-order chi connectivity index (χ0) is 31.8. The molecule has 0 fully saturated rings. The summed E-state index contributed by atoms with van der Waals surface area (Å²) in [6.07, 6.45) is 1.64. The van der Waals surface area contributed by atoms with E-state index in [4.69, 9.17) is 25.3 Å². The smallest absolute Gasteiger partial charge is 0.339 e. The molecule has 13 heteroatoms. The van der Waals surface area contributed by atoms with Crippen molar-refractivity contribution < 1.29 is 26.9 Å². The topological polar surface area (TPSA) is 113 Å². The molecule has 228 valence electrons. The van der Waals surface area contributed by atoms with E-state index >= 15 is 0 Å². The van der Waals surface area contributed by atoms with Gasteiger partial charge in [0.15, 0.2) is 16.3 Å². The Bertz CT molecular complexity index is 2090.